The third-order valence-electron chi connectivity index (χ3n) is 3.61. The fourth-order valence-corrected chi connectivity index (χ4v) is 3.11. The highest BCUT2D eigenvalue weighted by Crippen LogP contribution is 2.32. The Hall–Kier alpha value is -3.46. The first-order valence-electron chi connectivity index (χ1n) is 7.88. The summed E-state index contributed by atoms with van der Waals surface area (Å²) in [6, 6.07) is 16.1. The fourth-order valence-electron chi connectivity index (χ4n) is 2.56. The number of nitrogens with two attached hydrogens (primary N) is 1. The number of nitrogens with zero attached hydrogens (tertiary/aromatic N) is 2. The van der Waals surface area contributed by atoms with Crippen LogP contribution in [0.15, 0.2) is 59.6 Å². The molecule has 0 spiro atoms. The van der Waals surface area contributed by atoms with Crippen molar-refractivity contribution in [3.05, 3.63) is 54.6 Å². The number of hydrogen-bond donors (Lipinski definition) is 3. The standard InChI is InChI=1S/C18H17N5O3S/c1-27(25,26)23-13-7-8-14-16(9-13)21-15(12-5-3-2-4-6-12)10-17(14)22-18(19)20-11-24/h2-11,23H,1H3,(H3,19,20,21,22,24). The first-order valence-corrected chi connectivity index (χ1v) is 9.77. The molecule has 0 atom stereocenters. The summed E-state index contributed by atoms with van der Waals surface area (Å²) in [6.07, 6.45) is 1.51. The second-order valence-corrected chi connectivity index (χ2v) is 7.51. The van der Waals surface area contributed by atoms with Crippen LogP contribution in [-0.2, 0) is 14.8 Å². The highest BCUT2D eigenvalue weighted by molar-refractivity contribution is 7.92. The van der Waals surface area contributed by atoms with Gasteiger partial charge in [-0.15, -0.1) is 0 Å². The number of fused-ring (bicyclic) bond motifs is 1. The number of hydrogen-bond acceptors (Lipinski definition) is 5. The average Bonchev–Trinajstić information content (AvgIpc) is 2.61. The van der Waals surface area contributed by atoms with Crippen LogP contribution in [0.4, 0.5) is 11.4 Å². The van der Waals surface area contributed by atoms with Crippen molar-refractivity contribution in [3.63, 3.8) is 0 Å². The van der Waals surface area contributed by atoms with Gasteiger partial charge in [-0.25, -0.2) is 18.4 Å². The smallest absolute Gasteiger partial charge is 0.229 e. The lowest BCUT2D eigenvalue weighted by Gasteiger charge is -2.10. The predicted octanol–water partition coefficient (Wildman–Crippen LogP) is 1.97. The molecule has 0 saturated heterocycles. The quantitative estimate of drug-likeness (QED) is 0.353. The lowest BCUT2D eigenvalue weighted by molar-refractivity contribution is -0.108. The van der Waals surface area contributed by atoms with E-state index in [1.165, 1.54) is 0 Å². The molecule has 0 fully saturated rings. The molecule has 2 aromatic carbocycles. The molecule has 0 aliphatic heterocycles. The molecule has 1 heterocycles. The molecule has 1 amide bonds. The Morgan fingerprint density at radius 2 is 1.89 bits per heavy atom. The molecule has 9 heteroatoms. The van der Waals surface area contributed by atoms with Gasteiger partial charge in [0.1, 0.15) is 0 Å². The lowest BCUT2D eigenvalue weighted by Crippen LogP contribution is -2.29. The van der Waals surface area contributed by atoms with Crippen LogP contribution in [0.1, 0.15) is 0 Å². The van der Waals surface area contributed by atoms with Gasteiger partial charge in [0, 0.05) is 10.9 Å². The monoisotopic (exact) mass is 383 g/mol. The van der Waals surface area contributed by atoms with Gasteiger partial charge in [-0.3, -0.25) is 14.8 Å². The summed E-state index contributed by atoms with van der Waals surface area (Å²) in [4.78, 5) is 19.4. The number of pyridine rings is 1. The van der Waals surface area contributed by atoms with Gasteiger partial charge in [-0.2, -0.15) is 0 Å². The number of carbonyl (C=O) groups excluding carboxylic acids is 1. The van der Waals surface area contributed by atoms with E-state index in [1.54, 1.807) is 24.3 Å². The molecule has 27 heavy (non-hydrogen) atoms. The summed E-state index contributed by atoms with van der Waals surface area (Å²) in [6.45, 7) is 0. The van der Waals surface area contributed by atoms with Gasteiger partial charge in [0.05, 0.1) is 28.8 Å². The SMILES string of the molecule is CS(=O)(=O)Nc1ccc2c(N=C(N)NC=O)cc(-c3ccccc3)nc2c1. The maximum atomic E-state index is 11.5. The molecular formula is C18H17N5O3S. The molecule has 0 unspecified atom stereocenters. The summed E-state index contributed by atoms with van der Waals surface area (Å²) < 4.78 is 25.4. The number of sulfonamides is 1. The number of nitrogens with one attached hydrogen (secondary N) is 2. The highest BCUT2D eigenvalue weighted by Gasteiger charge is 2.10. The van der Waals surface area contributed by atoms with Crippen molar-refractivity contribution >= 4 is 44.7 Å². The lowest BCUT2D eigenvalue weighted by atomic mass is 10.1. The molecule has 4 N–H and O–H groups in total. The van der Waals surface area contributed by atoms with E-state index in [-0.39, 0.29) is 5.96 Å². The van der Waals surface area contributed by atoms with Crippen LogP contribution in [-0.4, -0.2) is 32.0 Å². The van der Waals surface area contributed by atoms with Gasteiger partial charge in [0.25, 0.3) is 0 Å². The third-order valence-corrected chi connectivity index (χ3v) is 4.22. The van der Waals surface area contributed by atoms with E-state index in [0.717, 1.165) is 11.8 Å². The summed E-state index contributed by atoms with van der Waals surface area (Å²) in [5.74, 6) is -0.0603. The van der Waals surface area contributed by atoms with E-state index in [4.69, 9.17) is 5.73 Å². The highest BCUT2D eigenvalue weighted by atomic mass is 32.2. The van der Waals surface area contributed by atoms with Crippen LogP contribution in [0.3, 0.4) is 0 Å². The molecule has 0 bridgehead atoms. The van der Waals surface area contributed by atoms with E-state index in [2.05, 4.69) is 20.0 Å². The Kier molecular flexibility index (Phi) is 5.04. The number of carbonyl (C=O) groups is 1. The van der Waals surface area contributed by atoms with Crippen molar-refractivity contribution < 1.29 is 13.2 Å². The van der Waals surface area contributed by atoms with E-state index in [1.807, 2.05) is 30.3 Å². The Morgan fingerprint density at radius 1 is 1.15 bits per heavy atom. The molecule has 138 valence electrons. The molecule has 0 saturated carbocycles. The molecule has 0 aliphatic carbocycles. The second kappa shape index (κ2) is 7.42. The molecular weight excluding hydrogens is 366 g/mol. The zero-order valence-electron chi connectivity index (χ0n) is 14.4. The number of rotatable bonds is 5. The fraction of sp³-hybridized carbons (Fsp3) is 0.0556. The third kappa shape index (κ3) is 4.59. The van der Waals surface area contributed by atoms with Gasteiger partial charge in [-0.05, 0) is 24.3 Å². The summed E-state index contributed by atoms with van der Waals surface area (Å²) in [5.41, 5.74) is 8.61. The van der Waals surface area contributed by atoms with Crippen LogP contribution < -0.4 is 15.8 Å². The zero-order chi connectivity index (χ0) is 19.4. The van der Waals surface area contributed by atoms with Crippen LogP contribution >= 0.6 is 0 Å². The topological polar surface area (TPSA) is 127 Å². The first-order chi connectivity index (χ1) is 12.9. The molecule has 1 aromatic heterocycles. The molecule has 8 nitrogen and oxygen atoms in total. The van der Waals surface area contributed by atoms with Crippen molar-refractivity contribution in [3.8, 4) is 11.3 Å². The maximum absolute atomic E-state index is 11.5. The van der Waals surface area contributed by atoms with Gasteiger partial charge < -0.3 is 5.73 Å². The predicted molar refractivity (Wildman–Crippen MR) is 106 cm³/mol. The second-order valence-electron chi connectivity index (χ2n) is 5.76. The van der Waals surface area contributed by atoms with E-state index in [9.17, 15) is 13.2 Å². The van der Waals surface area contributed by atoms with Crippen LogP contribution in [0.25, 0.3) is 22.2 Å². The van der Waals surface area contributed by atoms with Gasteiger partial charge in [0.15, 0.2) is 5.96 Å². The Labute approximate surface area is 156 Å². The van der Waals surface area contributed by atoms with Gasteiger partial charge in [0.2, 0.25) is 16.4 Å². The minimum atomic E-state index is -3.42. The number of aliphatic imine (C=N–C) groups is 1. The summed E-state index contributed by atoms with van der Waals surface area (Å²) >= 11 is 0. The van der Waals surface area contributed by atoms with Gasteiger partial charge in [-0.1, -0.05) is 30.3 Å². The van der Waals surface area contributed by atoms with Crippen LogP contribution in [0.5, 0.6) is 0 Å². The van der Waals surface area contributed by atoms with E-state index < -0.39 is 10.0 Å². The Morgan fingerprint density at radius 3 is 2.56 bits per heavy atom. The number of aromatic nitrogens is 1. The molecule has 0 aliphatic rings. The van der Waals surface area contributed by atoms with E-state index in [0.29, 0.717) is 34.4 Å². The first kappa shape index (κ1) is 18.3. The van der Waals surface area contributed by atoms with E-state index >= 15 is 0 Å². The normalized spacial score (nSPS) is 12.0. The maximum Gasteiger partial charge on any atom is 0.229 e. The van der Waals surface area contributed by atoms with Crippen molar-refractivity contribution in [2.45, 2.75) is 0 Å². The number of benzene rings is 2. The van der Waals surface area contributed by atoms with Crippen LogP contribution in [0.2, 0.25) is 0 Å². The average molecular weight is 383 g/mol. The largest absolute Gasteiger partial charge is 0.369 e. The number of amides is 1. The van der Waals surface area contributed by atoms with Crippen molar-refractivity contribution in [1.82, 2.24) is 10.3 Å². The molecule has 3 rings (SSSR count). The van der Waals surface area contributed by atoms with Crippen molar-refractivity contribution in [2.24, 2.45) is 10.7 Å². The van der Waals surface area contributed by atoms with Crippen molar-refractivity contribution in [2.75, 3.05) is 11.0 Å². The number of anilines is 1. The zero-order valence-corrected chi connectivity index (χ0v) is 15.2. The Bertz CT molecular complexity index is 1130. The van der Waals surface area contributed by atoms with Gasteiger partial charge >= 0.3 is 0 Å². The van der Waals surface area contributed by atoms with Crippen LogP contribution in [0, 0.1) is 0 Å². The minimum Gasteiger partial charge on any atom is -0.369 e. The summed E-state index contributed by atoms with van der Waals surface area (Å²) in [5, 5.41) is 2.95. The number of guanidine groups is 1. The van der Waals surface area contributed by atoms with Crippen molar-refractivity contribution in [1.29, 1.82) is 0 Å². The molecule has 0 radical (unpaired) electrons. The molecule has 3 aromatic rings. The minimum absolute atomic E-state index is 0.0603. The Balaban J connectivity index is 2.21. The summed E-state index contributed by atoms with van der Waals surface area (Å²) in [7, 11) is -3.42.